The van der Waals surface area contributed by atoms with Gasteiger partial charge in [0.1, 0.15) is 11.9 Å². The minimum Gasteiger partial charge on any atom is -0.394 e. The normalized spacial score (nSPS) is 13.5. The third kappa shape index (κ3) is 24.4. The number of unbranched alkanes of at least 4 members (excludes halogenated alkanes) is 22. The van der Waals surface area contributed by atoms with E-state index in [9.17, 15) is 15.3 Å². The fourth-order valence-electron chi connectivity index (χ4n) is 5.03. The molecule has 0 aromatic carbocycles. The zero-order chi connectivity index (χ0) is 25.8. The highest BCUT2D eigenvalue weighted by Crippen LogP contribution is 2.43. The Labute approximate surface area is 222 Å². The van der Waals surface area contributed by atoms with Crippen molar-refractivity contribution >= 4 is 7.92 Å². The molecule has 0 aliphatic carbocycles. The molecule has 0 radical (unpaired) electrons. The van der Waals surface area contributed by atoms with E-state index in [-0.39, 0.29) is 6.61 Å². The lowest BCUT2D eigenvalue weighted by molar-refractivity contribution is 0.0255. The van der Waals surface area contributed by atoms with Gasteiger partial charge >= 0.3 is 0 Å². The molecule has 0 aromatic heterocycles. The van der Waals surface area contributed by atoms with Gasteiger partial charge in [0.25, 0.3) is 0 Å². The van der Waals surface area contributed by atoms with Crippen LogP contribution in [0.3, 0.4) is 0 Å². The molecular weight excluding hydrogens is 451 g/mol. The van der Waals surface area contributed by atoms with E-state index >= 15 is 0 Å². The van der Waals surface area contributed by atoms with Crippen molar-refractivity contribution in [2.45, 2.75) is 180 Å². The molecule has 0 heterocycles. The quantitative estimate of drug-likeness (QED) is 0.0685. The summed E-state index contributed by atoms with van der Waals surface area (Å²) >= 11 is 0. The molecule has 0 rings (SSSR count). The molecule has 3 nitrogen and oxygen atoms in total. The molecule has 2 atom stereocenters. The standard InChI is InChI=1S/C31H65O3P/c1-3-5-7-9-11-13-15-17-19-21-23-25-27-35(31(34)30(33)29-32)28-26-24-22-20-18-16-14-12-10-8-6-4-2/h30-34H,3-29H2,1-2H3. The Morgan fingerprint density at radius 2 is 0.686 bits per heavy atom. The predicted octanol–water partition coefficient (Wildman–Crippen LogP) is 9.54. The first-order valence-electron chi connectivity index (χ1n) is 15.9. The average molecular weight is 517 g/mol. The van der Waals surface area contributed by atoms with Gasteiger partial charge in [0.05, 0.1) is 6.61 Å². The first-order valence-corrected chi connectivity index (χ1v) is 17.7. The van der Waals surface area contributed by atoms with Gasteiger partial charge in [-0.15, -0.1) is 0 Å². The molecule has 0 spiro atoms. The molecule has 2 unspecified atom stereocenters. The highest BCUT2D eigenvalue weighted by atomic mass is 31.1. The SMILES string of the molecule is CCCCCCCCCCCCCCP(CCCCCCCCCCCCCC)C(O)C(O)CO. The molecule has 0 bridgehead atoms. The first-order chi connectivity index (χ1) is 17.2. The van der Waals surface area contributed by atoms with Gasteiger partial charge in [-0.05, 0) is 25.2 Å². The Bertz CT molecular complexity index is 365. The van der Waals surface area contributed by atoms with Gasteiger partial charge < -0.3 is 15.3 Å². The summed E-state index contributed by atoms with van der Waals surface area (Å²) in [7, 11) is -0.597. The lowest BCUT2D eigenvalue weighted by Gasteiger charge is -2.26. The molecule has 4 heteroatoms. The summed E-state index contributed by atoms with van der Waals surface area (Å²) in [5.41, 5.74) is 0. The van der Waals surface area contributed by atoms with E-state index in [0.29, 0.717) is 0 Å². The monoisotopic (exact) mass is 516 g/mol. The van der Waals surface area contributed by atoms with Crippen LogP contribution < -0.4 is 0 Å². The maximum Gasteiger partial charge on any atom is 0.107 e. The number of aliphatic hydroxyl groups excluding tert-OH is 3. The van der Waals surface area contributed by atoms with Crippen LogP contribution in [0.15, 0.2) is 0 Å². The van der Waals surface area contributed by atoms with Crippen LogP contribution in [0.4, 0.5) is 0 Å². The lowest BCUT2D eigenvalue weighted by atomic mass is 10.1. The average Bonchev–Trinajstić information content (AvgIpc) is 2.87. The van der Waals surface area contributed by atoms with E-state index < -0.39 is 19.9 Å². The van der Waals surface area contributed by atoms with Crippen LogP contribution >= 0.6 is 7.92 Å². The van der Waals surface area contributed by atoms with Gasteiger partial charge in [-0.25, -0.2) is 0 Å². The van der Waals surface area contributed by atoms with Gasteiger partial charge in [-0.2, -0.15) is 0 Å². The summed E-state index contributed by atoms with van der Waals surface area (Å²) in [4.78, 5) is 0. The van der Waals surface area contributed by atoms with Gasteiger partial charge in [-0.1, -0.05) is 163 Å². The smallest absolute Gasteiger partial charge is 0.107 e. The summed E-state index contributed by atoms with van der Waals surface area (Å²) in [5, 5.41) is 29.8. The molecular formula is C31H65O3P. The summed E-state index contributed by atoms with van der Waals surface area (Å²) < 4.78 is 0. The maximum absolute atomic E-state index is 10.6. The number of aliphatic hydroxyl groups is 3. The molecule has 0 saturated heterocycles. The van der Waals surface area contributed by atoms with Crippen molar-refractivity contribution in [3.8, 4) is 0 Å². The zero-order valence-corrected chi connectivity index (χ0v) is 24.9. The van der Waals surface area contributed by atoms with E-state index in [1.165, 1.54) is 141 Å². The molecule has 0 aliphatic rings. The van der Waals surface area contributed by atoms with Gasteiger partial charge in [0.2, 0.25) is 0 Å². The molecule has 0 amide bonds. The zero-order valence-electron chi connectivity index (χ0n) is 24.0. The third-order valence-corrected chi connectivity index (χ3v) is 10.4. The fraction of sp³-hybridized carbons (Fsp3) is 1.00. The van der Waals surface area contributed by atoms with Crippen molar-refractivity contribution in [2.24, 2.45) is 0 Å². The van der Waals surface area contributed by atoms with Crippen LogP contribution in [0.25, 0.3) is 0 Å². The topological polar surface area (TPSA) is 60.7 Å². The predicted molar refractivity (Wildman–Crippen MR) is 158 cm³/mol. The van der Waals surface area contributed by atoms with Gasteiger partial charge in [0.15, 0.2) is 0 Å². The molecule has 0 fully saturated rings. The van der Waals surface area contributed by atoms with Crippen molar-refractivity contribution in [1.29, 1.82) is 0 Å². The minimum absolute atomic E-state index is 0.323. The highest BCUT2D eigenvalue weighted by Gasteiger charge is 2.24. The van der Waals surface area contributed by atoms with Crippen molar-refractivity contribution in [3.63, 3.8) is 0 Å². The summed E-state index contributed by atoms with van der Waals surface area (Å²) in [6.07, 6.45) is 33.5. The Hall–Kier alpha value is 0.310. The minimum atomic E-state index is -0.962. The van der Waals surface area contributed by atoms with E-state index in [4.69, 9.17) is 0 Å². The number of rotatable bonds is 29. The second-order valence-electron chi connectivity index (χ2n) is 11.0. The van der Waals surface area contributed by atoms with Crippen LogP contribution in [-0.4, -0.2) is 46.2 Å². The molecule has 35 heavy (non-hydrogen) atoms. The molecule has 0 aliphatic heterocycles. The summed E-state index contributed by atoms with van der Waals surface area (Å²) in [6, 6.07) is 0. The Kier molecular flexibility index (Phi) is 29.1. The first kappa shape index (κ1) is 35.3. The van der Waals surface area contributed by atoms with Crippen molar-refractivity contribution < 1.29 is 15.3 Å². The number of hydrogen-bond acceptors (Lipinski definition) is 3. The fourth-order valence-corrected chi connectivity index (χ4v) is 7.62. The maximum atomic E-state index is 10.6. The van der Waals surface area contributed by atoms with Crippen LogP contribution in [0.2, 0.25) is 0 Å². The Morgan fingerprint density at radius 3 is 0.943 bits per heavy atom. The Morgan fingerprint density at radius 1 is 0.429 bits per heavy atom. The van der Waals surface area contributed by atoms with Gasteiger partial charge in [-0.3, -0.25) is 0 Å². The molecule has 0 saturated carbocycles. The second kappa shape index (κ2) is 28.9. The largest absolute Gasteiger partial charge is 0.394 e. The second-order valence-corrected chi connectivity index (χ2v) is 13.6. The Balaban J connectivity index is 3.78. The van der Waals surface area contributed by atoms with Gasteiger partial charge in [0, 0.05) is 0 Å². The van der Waals surface area contributed by atoms with Crippen molar-refractivity contribution in [3.05, 3.63) is 0 Å². The molecule has 212 valence electrons. The summed E-state index contributed by atoms with van der Waals surface area (Å²) in [6.45, 7) is 4.23. The molecule has 3 N–H and O–H groups in total. The van der Waals surface area contributed by atoms with Crippen LogP contribution in [0.5, 0.6) is 0 Å². The lowest BCUT2D eigenvalue weighted by Crippen LogP contribution is -2.29. The van der Waals surface area contributed by atoms with E-state index in [1.54, 1.807) is 0 Å². The number of hydrogen-bond donors (Lipinski definition) is 3. The van der Waals surface area contributed by atoms with E-state index in [0.717, 1.165) is 25.2 Å². The van der Waals surface area contributed by atoms with E-state index in [2.05, 4.69) is 13.8 Å². The third-order valence-electron chi connectivity index (χ3n) is 7.50. The highest BCUT2D eigenvalue weighted by molar-refractivity contribution is 7.58. The van der Waals surface area contributed by atoms with Crippen LogP contribution in [0.1, 0.15) is 168 Å². The van der Waals surface area contributed by atoms with Crippen LogP contribution in [-0.2, 0) is 0 Å². The van der Waals surface area contributed by atoms with Crippen LogP contribution in [0, 0.1) is 0 Å². The van der Waals surface area contributed by atoms with Crippen molar-refractivity contribution in [1.82, 2.24) is 0 Å². The van der Waals surface area contributed by atoms with E-state index in [1.807, 2.05) is 0 Å². The van der Waals surface area contributed by atoms with Crippen molar-refractivity contribution in [2.75, 3.05) is 18.9 Å². The molecule has 0 aromatic rings. The summed E-state index contributed by atoms with van der Waals surface area (Å²) in [5.74, 6) is -0.713.